The summed E-state index contributed by atoms with van der Waals surface area (Å²) in [5.74, 6) is 0.237. The van der Waals surface area contributed by atoms with Crippen molar-refractivity contribution >= 4 is 28.3 Å². The second-order valence-corrected chi connectivity index (χ2v) is 3.95. The average molecular weight is 238 g/mol. The Morgan fingerprint density at radius 3 is 3.12 bits per heavy atom. The zero-order valence-corrected chi connectivity index (χ0v) is 9.00. The van der Waals surface area contributed by atoms with Crippen molar-refractivity contribution in [3.05, 3.63) is 33.6 Å². The minimum Gasteiger partial charge on any atom is -0.483 e. The van der Waals surface area contributed by atoms with Gasteiger partial charge in [0.05, 0.1) is 5.69 Å². The predicted molar refractivity (Wildman–Crippen MR) is 61.5 cm³/mol. The molecule has 2 heterocycles. The summed E-state index contributed by atoms with van der Waals surface area (Å²) >= 11 is 5.91. The van der Waals surface area contributed by atoms with Gasteiger partial charge in [-0.1, -0.05) is 11.6 Å². The van der Waals surface area contributed by atoms with Gasteiger partial charge in [-0.15, -0.1) is 0 Å². The molecule has 4 nitrogen and oxygen atoms in total. The third kappa shape index (κ3) is 1.34. The summed E-state index contributed by atoms with van der Waals surface area (Å²) in [6, 6.07) is 5.11. The summed E-state index contributed by atoms with van der Waals surface area (Å²) in [5, 5.41) is 4.49. The van der Waals surface area contributed by atoms with Crippen LogP contribution in [0.25, 0.3) is 11.0 Å². The van der Waals surface area contributed by atoms with Crippen molar-refractivity contribution in [1.29, 1.82) is 0 Å². The van der Waals surface area contributed by atoms with Crippen LogP contribution in [0, 0.1) is 0 Å². The van der Waals surface area contributed by atoms with Crippen LogP contribution in [0.5, 0.6) is 5.75 Å². The summed E-state index contributed by atoms with van der Waals surface area (Å²) in [5.41, 5.74) is 0.711. The summed E-state index contributed by atoms with van der Waals surface area (Å²) in [7, 11) is 0. The Labute approximate surface area is 95.8 Å². The maximum absolute atomic E-state index is 11.6. The Hall–Kier alpha value is -1.68. The molecule has 2 aromatic rings. The minimum absolute atomic E-state index is 0.237. The highest BCUT2D eigenvalue weighted by molar-refractivity contribution is 6.31. The van der Waals surface area contributed by atoms with E-state index >= 15 is 0 Å². The molecule has 3 rings (SSSR count). The molecule has 0 spiro atoms. The van der Waals surface area contributed by atoms with Gasteiger partial charge in [0.25, 0.3) is 0 Å². The largest absolute Gasteiger partial charge is 0.483 e. The molecule has 0 amide bonds. The standard InChI is InChI=1S/C11H8ClNO3/c12-6-1-2-8-7(5-6)9-10(11(14)16-8)15-4-3-13-9/h1-2,5,13H,3-4H2. The minimum atomic E-state index is -0.461. The van der Waals surface area contributed by atoms with Crippen LogP contribution >= 0.6 is 11.6 Å². The number of hydrogen-bond acceptors (Lipinski definition) is 4. The number of anilines is 1. The molecule has 0 unspecified atom stereocenters. The first-order valence-corrected chi connectivity index (χ1v) is 5.26. The van der Waals surface area contributed by atoms with E-state index in [0.717, 1.165) is 5.39 Å². The third-order valence-electron chi connectivity index (χ3n) is 2.48. The van der Waals surface area contributed by atoms with Gasteiger partial charge in [-0.3, -0.25) is 0 Å². The predicted octanol–water partition coefficient (Wildman–Crippen LogP) is 2.25. The fraction of sp³-hybridized carbons (Fsp3) is 0.182. The van der Waals surface area contributed by atoms with E-state index in [0.29, 0.717) is 29.4 Å². The van der Waals surface area contributed by atoms with Gasteiger partial charge in [-0.25, -0.2) is 4.79 Å². The van der Waals surface area contributed by atoms with Gasteiger partial charge < -0.3 is 14.5 Å². The summed E-state index contributed by atoms with van der Waals surface area (Å²) in [6.45, 7) is 1.13. The topological polar surface area (TPSA) is 51.5 Å². The van der Waals surface area contributed by atoms with Crippen molar-refractivity contribution in [3.8, 4) is 5.75 Å². The zero-order valence-electron chi connectivity index (χ0n) is 8.25. The van der Waals surface area contributed by atoms with Crippen molar-refractivity contribution in [2.24, 2.45) is 0 Å². The SMILES string of the molecule is O=c1oc2ccc(Cl)cc2c2c1OCCN2. The zero-order chi connectivity index (χ0) is 11.1. The van der Waals surface area contributed by atoms with Gasteiger partial charge in [0, 0.05) is 17.0 Å². The first-order valence-electron chi connectivity index (χ1n) is 4.89. The van der Waals surface area contributed by atoms with Crippen molar-refractivity contribution in [2.75, 3.05) is 18.5 Å². The summed E-state index contributed by atoms with van der Waals surface area (Å²) in [6.07, 6.45) is 0. The molecule has 1 N–H and O–H groups in total. The fourth-order valence-corrected chi connectivity index (χ4v) is 1.96. The van der Waals surface area contributed by atoms with E-state index in [-0.39, 0.29) is 5.75 Å². The molecule has 16 heavy (non-hydrogen) atoms. The lowest BCUT2D eigenvalue weighted by Gasteiger charge is -2.18. The van der Waals surface area contributed by atoms with E-state index in [1.165, 1.54) is 0 Å². The second-order valence-electron chi connectivity index (χ2n) is 3.51. The van der Waals surface area contributed by atoms with Crippen LogP contribution in [0.4, 0.5) is 5.69 Å². The Balaban J connectivity index is 2.43. The van der Waals surface area contributed by atoms with Crippen LogP contribution in [0.15, 0.2) is 27.4 Å². The molecule has 1 aliphatic heterocycles. The Bertz CT molecular complexity index is 620. The molecule has 0 fully saturated rings. The van der Waals surface area contributed by atoms with Crippen LogP contribution in [0.1, 0.15) is 0 Å². The van der Waals surface area contributed by atoms with Gasteiger partial charge in [0.2, 0.25) is 5.75 Å². The summed E-state index contributed by atoms with van der Waals surface area (Å²) in [4.78, 5) is 11.6. The van der Waals surface area contributed by atoms with Crippen LogP contribution in [0.2, 0.25) is 5.02 Å². The van der Waals surface area contributed by atoms with E-state index < -0.39 is 5.63 Å². The first-order chi connectivity index (χ1) is 7.75. The third-order valence-corrected chi connectivity index (χ3v) is 2.71. The maximum atomic E-state index is 11.6. The highest BCUT2D eigenvalue weighted by Gasteiger charge is 2.19. The molecule has 1 aliphatic rings. The van der Waals surface area contributed by atoms with Crippen molar-refractivity contribution in [1.82, 2.24) is 0 Å². The average Bonchev–Trinajstić information content (AvgIpc) is 2.31. The molecule has 0 radical (unpaired) electrons. The molecule has 5 heteroatoms. The Kier molecular flexibility index (Phi) is 2.04. The summed E-state index contributed by atoms with van der Waals surface area (Å²) < 4.78 is 10.4. The molecule has 0 saturated carbocycles. The molecular weight excluding hydrogens is 230 g/mol. The van der Waals surface area contributed by atoms with Gasteiger partial charge in [-0.2, -0.15) is 0 Å². The highest BCUT2D eigenvalue weighted by atomic mass is 35.5. The van der Waals surface area contributed by atoms with Crippen LogP contribution in [0.3, 0.4) is 0 Å². The molecule has 0 bridgehead atoms. The Morgan fingerprint density at radius 2 is 2.25 bits per heavy atom. The number of hydrogen-bond donors (Lipinski definition) is 1. The van der Waals surface area contributed by atoms with E-state index in [4.69, 9.17) is 20.8 Å². The molecule has 0 aliphatic carbocycles. The van der Waals surface area contributed by atoms with Crippen LogP contribution in [-0.4, -0.2) is 13.2 Å². The first kappa shape index (κ1) is 9.54. The lowest BCUT2D eigenvalue weighted by molar-refractivity contribution is 0.307. The molecule has 1 aromatic heterocycles. The smallest absolute Gasteiger partial charge is 0.381 e. The number of halogens is 1. The quantitative estimate of drug-likeness (QED) is 0.714. The number of rotatable bonds is 0. The van der Waals surface area contributed by atoms with E-state index in [1.807, 2.05) is 0 Å². The van der Waals surface area contributed by atoms with Gasteiger partial charge in [0.15, 0.2) is 0 Å². The normalized spacial score (nSPS) is 14.1. The van der Waals surface area contributed by atoms with Gasteiger partial charge in [0.1, 0.15) is 12.2 Å². The lowest BCUT2D eigenvalue weighted by Crippen LogP contribution is -2.22. The molecule has 1 aromatic carbocycles. The van der Waals surface area contributed by atoms with Crippen LogP contribution < -0.4 is 15.7 Å². The number of ether oxygens (including phenoxy) is 1. The van der Waals surface area contributed by atoms with Gasteiger partial charge >= 0.3 is 5.63 Å². The van der Waals surface area contributed by atoms with Crippen LogP contribution in [-0.2, 0) is 0 Å². The molecule has 0 saturated heterocycles. The van der Waals surface area contributed by atoms with Crippen molar-refractivity contribution < 1.29 is 9.15 Å². The van der Waals surface area contributed by atoms with Gasteiger partial charge in [-0.05, 0) is 18.2 Å². The number of benzene rings is 1. The molecular formula is C11H8ClNO3. The molecule has 82 valence electrons. The number of fused-ring (bicyclic) bond motifs is 3. The fourth-order valence-electron chi connectivity index (χ4n) is 1.79. The Morgan fingerprint density at radius 1 is 1.38 bits per heavy atom. The highest BCUT2D eigenvalue weighted by Crippen LogP contribution is 2.33. The van der Waals surface area contributed by atoms with Crippen molar-refractivity contribution in [2.45, 2.75) is 0 Å². The maximum Gasteiger partial charge on any atom is 0.381 e. The van der Waals surface area contributed by atoms with Crippen molar-refractivity contribution in [3.63, 3.8) is 0 Å². The van der Waals surface area contributed by atoms with E-state index in [2.05, 4.69) is 5.32 Å². The number of nitrogens with one attached hydrogen (secondary N) is 1. The monoisotopic (exact) mass is 237 g/mol. The van der Waals surface area contributed by atoms with E-state index in [1.54, 1.807) is 18.2 Å². The second kappa shape index (κ2) is 3.42. The van der Waals surface area contributed by atoms with E-state index in [9.17, 15) is 4.79 Å². The molecule has 0 atom stereocenters. The lowest BCUT2D eigenvalue weighted by atomic mass is 10.2.